The first kappa shape index (κ1) is 23.5. The monoisotopic (exact) mass is 462 g/mol. The first-order valence-corrected chi connectivity index (χ1v) is 11.3. The Bertz CT molecular complexity index is 1270. The van der Waals surface area contributed by atoms with E-state index < -0.39 is 5.91 Å². The summed E-state index contributed by atoms with van der Waals surface area (Å²) in [5, 5.41) is 21.3. The van der Waals surface area contributed by atoms with Crippen LogP contribution in [0.15, 0.2) is 24.3 Å². The molecule has 34 heavy (non-hydrogen) atoms. The molecule has 0 bridgehead atoms. The normalized spacial score (nSPS) is 14.4. The van der Waals surface area contributed by atoms with Crippen molar-refractivity contribution in [2.45, 2.75) is 39.5 Å². The highest BCUT2D eigenvalue weighted by Crippen LogP contribution is 2.38. The molecule has 2 amide bonds. The van der Waals surface area contributed by atoms with E-state index in [1.807, 2.05) is 18.2 Å². The van der Waals surface area contributed by atoms with Crippen molar-refractivity contribution in [2.75, 3.05) is 25.2 Å². The molecule has 3 aromatic rings. The molecule has 0 aliphatic heterocycles. The molecule has 2 heterocycles. The van der Waals surface area contributed by atoms with Gasteiger partial charge in [-0.15, -0.1) is 0 Å². The lowest BCUT2D eigenvalue weighted by Crippen LogP contribution is -2.48. The van der Waals surface area contributed by atoms with Gasteiger partial charge in [-0.05, 0) is 49.9 Å². The molecule has 4 rings (SSSR count). The predicted octanol–water partition coefficient (Wildman–Crippen LogP) is 2.20. The maximum absolute atomic E-state index is 12.9. The van der Waals surface area contributed by atoms with Crippen LogP contribution in [0.3, 0.4) is 0 Å². The summed E-state index contributed by atoms with van der Waals surface area (Å²) >= 11 is 0. The molecule has 0 saturated heterocycles. The van der Waals surface area contributed by atoms with Crippen LogP contribution in [0.4, 0.5) is 5.69 Å². The molecule has 0 unspecified atom stereocenters. The highest BCUT2D eigenvalue weighted by molar-refractivity contribution is 5.99. The number of nitrogens with zero attached hydrogens (tertiary/aromatic N) is 4. The number of nitrogens with one attached hydrogen (secondary N) is 3. The van der Waals surface area contributed by atoms with Gasteiger partial charge in [0.2, 0.25) is 5.91 Å². The topological polar surface area (TPSA) is 147 Å². The molecule has 0 fully saturated rings. The van der Waals surface area contributed by atoms with E-state index in [4.69, 9.17) is 11.1 Å². The standard InChI is InChI=1S/C24H30N8O2/c1-24(2)8-6-17-20(12-24)29-30-23(17)19-10-15-4-5-16(11-18(15)28-19)31(14-27-3)22(34)13-32(26)21(33)7-9-25/h4-5,10-11,27-28H,6-8,12-14,26H2,1-3H3,(H,29,30). The summed E-state index contributed by atoms with van der Waals surface area (Å²) in [4.78, 5) is 29.7. The van der Waals surface area contributed by atoms with Gasteiger partial charge in [0.1, 0.15) is 18.7 Å². The van der Waals surface area contributed by atoms with E-state index >= 15 is 0 Å². The zero-order valence-electron chi connectivity index (χ0n) is 19.7. The van der Waals surface area contributed by atoms with E-state index in [1.165, 1.54) is 16.2 Å². The summed E-state index contributed by atoms with van der Waals surface area (Å²) in [6, 6.07) is 9.52. The van der Waals surface area contributed by atoms with Crippen molar-refractivity contribution in [1.29, 1.82) is 5.26 Å². The number of anilines is 1. The van der Waals surface area contributed by atoms with Crippen LogP contribution < -0.4 is 16.1 Å². The van der Waals surface area contributed by atoms with Crippen molar-refractivity contribution in [3.8, 4) is 17.5 Å². The van der Waals surface area contributed by atoms with Crippen LogP contribution in [0.2, 0.25) is 0 Å². The summed E-state index contributed by atoms with van der Waals surface area (Å²) in [6.45, 7) is 4.47. The average molecular weight is 463 g/mol. The van der Waals surface area contributed by atoms with E-state index in [-0.39, 0.29) is 31.0 Å². The van der Waals surface area contributed by atoms with Gasteiger partial charge < -0.3 is 10.3 Å². The Hall–Kier alpha value is -3.68. The van der Waals surface area contributed by atoms with Crippen molar-refractivity contribution in [3.63, 3.8) is 0 Å². The molecule has 1 aliphatic carbocycles. The lowest BCUT2D eigenvalue weighted by Gasteiger charge is -2.28. The molecule has 5 N–H and O–H groups in total. The number of carbonyl (C=O) groups excluding carboxylic acids is 2. The Morgan fingerprint density at radius 1 is 1.29 bits per heavy atom. The van der Waals surface area contributed by atoms with Gasteiger partial charge >= 0.3 is 0 Å². The minimum Gasteiger partial charge on any atom is -0.353 e. The van der Waals surface area contributed by atoms with Gasteiger partial charge in [-0.1, -0.05) is 19.9 Å². The van der Waals surface area contributed by atoms with Crippen LogP contribution in [-0.2, 0) is 22.4 Å². The minimum atomic E-state index is -0.601. The fourth-order valence-corrected chi connectivity index (χ4v) is 4.45. The number of nitrogens with two attached hydrogens (primary N) is 1. The van der Waals surface area contributed by atoms with Crippen LogP contribution in [-0.4, -0.2) is 52.3 Å². The Kier molecular flexibility index (Phi) is 6.41. The molecular formula is C24H30N8O2. The molecule has 0 saturated carbocycles. The van der Waals surface area contributed by atoms with Crippen LogP contribution in [0.25, 0.3) is 22.3 Å². The number of aromatic amines is 2. The maximum Gasteiger partial charge on any atom is 0.251 e. The first-order chi connectivity index (χ1) is 16.2. The van der Waals surface area contributed by atoms with Gasteiger partial charge in [0.05, 0.1) is 18.4 Å². The first-order valence-electron chi connectivity index (χ1n) is 11.3. The number of carbonyl (C=O) groups is 2. The second-order valence-corrected chi connectivity index (χ2v) is 9.51. The molecular weight excluding hydrogens is 432 g/mol. The maximum atomic E-state index is 12.9. The van der Waals surface area contributed by atoms with Crippen LogP contribution in [0.5, 0.6) is 0 Å². The molecule has 1 aromatic carbocycles. The fraction of sp³-hybridized carbons (Fsp3) is 0.417. The Morgan fingerprint density at radius 3 is 2.82 bits per heavy atom. The molecule has 178 valence electrons. The second-order valence-electron chi connectivity index (χ2n) is 9.51. The third kappa shape index (κ3) is 4.66. The molecule has 0 spiro atoms. The number of hydrazine groups is 1. The SMILES string of the molecule is CNCN(C(=O)CN(N)C(=O)CC#N)c1ccc2cc(-c3n[nH]c4c3CCC(C)(C)C4)[nH]c2c1. The predicted molar refractivity (Wildman–Crippen MR) is 129 cm³/mol. The molecule has 0 radical (unpaired) electrons. The molecule has 10 nitrogen and oxygen atoms in total. The number of fused-ring (bicyclic) bond motifs is 2. The van der Waals surface area contributed by atoms with Gasteiger partial charge in [-0.2, -0.15) is 10.4 Å². The lowest BCUT2D eigenvalue weighted by atomic mass is 9.76. The number of rotatable bonds is 7. The highest BCUT2D eigenvalue weighted by atomic mass is 16.2. The van der Waals surface area contributed by atoms with Gasteiger partial charge in [0.25, 0.3) is 5.91 Å². The fourth-order valence-electron chi connectivity index (χ4n) is 4.45. The quantitative estimate of drug-likeness (QED) is 0.183. The lowest BCUT2D eigenvalue weighted by molar-refractivity contribution is -0.134. The number of H-pyrrole nitrogens is 2. The third-order valence-electron chi connectivity index (χ3n) is 6.31. The summed E-state index contributed by atoms with van der Waals surface area (Å²) < 4.78 is 0. The molecule has 10 heteroatoms. The second kappa shape index (κ2) is 9.29. The summed E-state index contributed by atoms with van der Waals surface area (Å²) in [5.74, 6) is 4.72. The van der Waals surface area contributed by atoms with E-state index in [0.29, 0.717) is 5.69 Å². The zero-order valence-corrected chi connectivity index (χ0v) is 19.7. The molecule has 2 aromatic heterocycles. The summed E-state index contributed by atoms with van der Waals surface area (Å²) in [5.41, 5.74) is 6.16. The zero-order chi connectivity index (χ0) is 24.5. The van der Waals surface area contributed by atoms with Gasteiger partial charge in [0, 0.05) is 27.8 Å². The van der Waals surface area contributed by atoms with Crippen LogP contribution in [0, 0.1) is 16.7 Å². The van der Waals surface area contributed by atoms with Crippen molar-refractivity contribution >= 4 is 28.4 Å². The van der Waals surface area contributed by atoms with Crippen LogP contribution >= 0.6 is 0 Å². The van der Waals surface area contributed by atoms with Gasteiger partial charge in [-0.3, -0.25) is 24.6 Å². The average Bonchev–Trinajstić information content (AvgIpc) is 3.39. The number of aromatic nitrogens is 3. The largest absolute Gasteiger partial charge is 0.353 e. The summed E-state index contributed by atoms with van der Waals surface area (Å²) in [7, 11) is 1.73. The number of nitriles is 1. The Morgan fingerprint density at radius 2 is 2.09 bits per heavy atom. The molecule has 1 aliphatic rings. The smallest absolute Gasteiger partial charge is 0.251 e. The third-order valence-corrected chi connectivity index (χ3v) is 6.31. The van der Waals surface area contributed by atoms with Crippen molar-refractivity contribution in [1.82, 2.24) is 25.5 Å². The van der Waals surface area contributed by atoms with E-state index in [2.05, 4.69) is 40.4 Å². The number of hydrogen-bond acceptors (Lipinski definition) is 6. The molecule has 0 atom stereocenters. The highest BCUT2D eigenvalue weighted by Gasteiger charge is 2.29. The van der Waals surface area contributed by atoms with Gasteiger partial charge in [-0.25, -0.2) is 5.84 Å². The number of hydrogen-bond donors (Lipinski definition) is 4. The van der Waals surface area contributed by atoms with Gasteiger partial charge in [0.15, 0.2) is 0 Å². The minimum absolute atomic E-state index is 0.237. The van der Waals surface area contributed by atoms with E-state index in [1.54, 1.807) is 13.1 Å². The number of benzene rings is 1. The van der Waals surface area contributed by atoms with Crippen LogP contribution in [0.1, 0.15) is 37.9 Å². The van der Waals surface area contributed by atoms with Crippen molar-refractivity contribution in [2.24, 2.45) is 11.3 Å². The van der Waals surface area contributed by atoms with Crippen molar-refractivity contribution in [3.05, 3.63) is 35.5 Å². The Balaban J connectivity index is 1.60. The number of amides is 2. The van der Waals surface area contributed by atoms with E-state index in [9.17, 15) is 9.59 Å². The van der Waals surface area contributed by atoms with E-state index in [0.717, 1.165) is 46.6 Å². The summed E-state index contributed by atoms with van der Waals surface area (Å²) in [6.07, 6.45) is 2.71. The Labute approximate surface area is 198 Å². The van der Waals surface area contributed by atoms with Crippen molar-refractivity contribution < 1.29 is 9.59 Å².